The van der Waals surface area contributed by atoms with Gasteiger partial charge < -0.3 is 9.30 Å². The van der Waals surface area contributed by atoms with Crippen molar-refractivity contribution in [3.8, 4) is 0 Å². The van der Waals surface area contributed by atoms with Gasteiger partial charge in [-0.05, 0) is 30.2 Å². The topological polar surface area (TPSA) is 65.6 Å². The van der Waals surface area contributed by atoms with Crippen LogP contribution in [0.1, 0.15) is 21.6 Å². The van der Waals surface area contributed by atoms with Gasteiger partial charge in [0.05, 0.1) is 12.5 Å². The summed E-state index contributed by atoms with van der Waals surface area (Å²) in [6, 6.07) is 15.0. The molecule has 6 heteroatoms. The molecular weight excluding hydrogens is 330 g/mol. The van der Waals surface area contributed by atoms with E-state index in [0.717, 1.165) is 11.1 Å². The number of pyridine rings is 1. The zero-order valence-electron chi connectivity index (χ0n) is 14.5. The van der Waals surface area contributed by atoms with Gasteiger partial charge >= 0.3 is 5.97 Å². The summed E-state index contributed by atoms with van der Waals surface area (Å²) in [5.74, 6) is -0.496. The van der Waals surface area contributed by atoms with Crippen LogP contribution in [0.5, 0.6) is 0 Å². The normalized spacial score (nSPS) is 11.2. The molecule has 4 rings (SSSR count). The lowest BCUT2D eigenvalue weighted by Gasteiger charge is -2.10. The number of aryl methyl sites for hydroxylation is 1. The SMILES string of the molecule is COC(=O)c1cc2c(=O)n3cccc(C)c3nc2n1Cc1ccccc1. The zero-order valence-corrected chi connectivity index (χ0v) is 14.5. The number of methoxy groups -OCH3 is 1. The summed E-state index contributed by atoms with van der Waals surface area (Å²) < 4.78 is 8.15. The Labute approximate surface area is 149 Å². The second-order valence-corrected chi connectivity index (χ2v) is 6.13. The molecule has 0 aliphatic heterocycles. The van der Waals surface area contributed by atoms with E-state index in [1.807, 2.05) is 43.3 Å². The summed E-state index contributed by atoms with van der Waals surface area (Å²) in [5.41, 5.74) is 3.05. The number of benzene rings is 1. The third-order valence-corrected chi connectivity index (χ3v) is 4.47. The smallest absolute Gasteiger partial charge is 0.354 e. The first-order valence-corrected chi connectivity index (χ1v) is 8.23. The maximum atomic E-state index is 12.9. The summed E-state index contributed by atoms with van der Waals surface area (Å²) in [6.07, 6.45) is 1.68. The lowest BCUT2D eigenvalue weighted by Crippen LogP contribution is -2.16. The minimum atomic E-state index is -0.496. The van der Waals surface area contributed by atoms with Crippen LogP contribution in [0.3, 0.4) is 0 Å². The minimum absolute atomic E-state index is 0.203. The van der Waals surface area contributed by atoms with E-state index in [2.05, 4.69) is 4.98 Å². The first-order chi connectivity index (χ1) is 12.6. The molecule has 0 aliphatic rings. The Kier molecular flexibility index (Phi) is 3.80. The van der Waals surface area contributed by atoms with Crippen LogP contribution < -0.4 is 5.56 Å². The third-order valence-electron chi connectivity index (χ3n) is 4.47. The second kappa shape index (κ2) is 6.15. The van der Waals surface area contributed by atoms with E-state index in [-0.39, 0.29) is 5.56 Å². The van der Waals surface area contributed by atoms with Crippen LogP contribution in [0.25, 0.3) is 16.7 Å². The Morgan fingerprint density at radius 1 is 1.12 bits per heavy atom. The van der Waals surface area contributed by atoms with Crippen molar-refractivity contribution in [2.24, 2.45) is 0 Å². The number of aromatic nitrogens is 3. The number of carbonyl (C=O) groups is 1. The zero-order chi connectivity index (χ0) is 18.3. The first kappa shape index (κ1) is 16.1. The van der Waals surface area contributed by atoms with Crippen molar-refractivity contribution in [3.63, 3.8) is 0 Å². The average Bonchev–Trinajstić information content (AvgIpc) is 3.02. The monoisotopic (exact) mass is 347 g/mol. The van der Waals surface area contributed by atoms with Crippen molar-refractivity contribution < 1.29 is 9.53 Å². The molecule has 1 aromatic carbocycles. The summed E-state index contributed by atoms with van der Waals surface area (Å²) in [6.45, 7) is 2.32. The van der Waals surface area contributed by atoms with Gasteiger partial charge in [-0.15, -0.1) is 0 Å². The van der Waals surface area contributed by atoms with Crippen LogP contribution >= 0.6 is 0 Å². The second-order valence-electron chi connectivity index (χ2n) is 6.13. The van der Waals surface area contributed by atoms with E-state index < -0.39 is 5.97 Å². The third kappa shape index (κ3) is 2.47. The lowest BCUT2D eigenvalue weighted by molar-refractivity contribution is 0.0589. The standard InChI is InChI=1S/C20H17N3O3/c1-13-7-6-10-22-17(13)21-18-15(19(22)24)11-16(20(25)26-2)23(18)12-14-8-4-3-5-9-14/h3-11H,12H2,1-2H3. The number of ether oxygens (including phenoxy) is 1. The van der Waals surface area contributed by atoms with Crippen LogP contribution in [-0.4, -0.2) is 27.0 Å². The quantitative estimate of drug-likeness (QED) is 0.535. The molecule has 26 heavy (non-hydrogen) atoms. The molecular formula is C20H17N3O3. The van der Waals surface area contributed by atoms with Gasteiger partial charge in [-0.1, -0.05) is 36.4 Å². The molecule has 0 bridgehead atoms. The van der Waals surface area contributed by atoms with Crippen molar-refractivity contribution in [3.05, 3.63) is 81.9 Å². The Hall–Kier alpha value is -3.41. The molecule has 0 atom stereocenters. The predicted molar refractivity (Wildman–Crippen MR) is 98.6 cm³/mol. The summed E-state index contributed by atoms with van der Waals surface area (Å²) >= 11 is 0. The molecule has 6 nitrogen and oxygen atoms in total. The molecule has 4 aromatic rings. The number of hydrogen-bond acceptors (Lipinski definition) is 4. The van der Waals surface area contributed by atoms with E-state index in [0.29, 0.717) is 28.9 Å². The molecule has 0 spiro atoms. The molecule has 0 unspecified atom stereocenters. The first-order valence-electron chi connectivity index (χ1n) is 8.23. The highest BCUT2D eigenvalue weighted by atomic mass is 16.5. The van der Waals surface area contributed by atoms with Gasteiger partial charge in [0.2, 0.25) is 0 Å². The van der Waals surface area contributed by atoms with Crippen molar-refractivity contribution >= 4 is 22.6 Å². The highest BCUT2D eigenvalue weighted by Crippen LogP contribution is 2.20. The van der Waals surface area contributed by atoms with Gasteiger partial charge in [-0.3, -0.25) is 9.20 Å². The number of rotatable bonds is 3. The van der Waals surface area contributed by atoms with E-state index in [9.17, 15) is 9.59 Å². The van der Waals surface area contributed by atoms with Crippen LogP contribution in [0.15, 0.2) is 59.5 Å². The van der Waals surface area contributed by atoms with Crippen molar-refractivity contribution in [2.45, 2.75) is 13.5 Å². The number of carbonyl (C=O) groups excluding carboxylic acids is 1. The maximum absolute atomic E-state index is 12.9. The highest BCUT2D eigenvalue weighted by molar-refractivity contribution is 5.94. The largest absolute Gasteiger partial charge is 0.464 e. The fourth-order valence-corrected chi connectivity index (χ4v) is 3.16. The molecule has 0 radical (unpaired) electrons. The van der Waals surface area contributed by atoms with Crippen LogP contribution in [0.2, 0.25) is 0 Å². The van der Waals surface area contributed by atoms with Crippen molar-refractivity contribution in [1.82, 2.24) is 14.0 Å². The fraction of sp³-hybridized carbons (Fsp3) is 0.150. The predicted octanol–water partition coefficient (Wildman–Crippen LogP) is 2.79. The number of hydrogen-bond donors (Lipinski definition) is 0. The Morgan fingerprint density at radius 3 is 2.62 bits per heavy atom. The van der Waals surface area contributed by atoms with Crippen LogP contribution in [0, 0.1) is 6.92 Å². The summed E-state index contributed by atoms with van der Waals surface area (Å²) in [4.78, 5) is 29.9. The van der Waals surface area contributed by atoms with Gasteiger partial charge in [0.1, 0.15) is 17.0 Å². The van der Waals surface area contributed by atoms with Crippen molar-refractivity contribution in [1.29, 1.82) is 0 Å². The van der Waals surface area contributed by atoms with E-state index in [1.165, 1.54) is 11.5 Å². The van der Waals surface area contributed by atoms with E-state index in [1.54, 1.807) is 22.9 Å². The van der Waals surface area contributed by atoms with Crippen LogP contribution in [-0.2, 0) is 11.3 Å². The Balaban J connectivity index is 2.06. The molecule has 0 saturated heterocycles. The van der Waals surface area contributed by atoms with Crippen molar-refractivity contribution in [2.75, 3.05) is 7.11 Å². The molecule has 130 valence electrons. The molecule has 3 aromatic heterocycles. The Bertz CT molecular complexity index is 1190. The van der Waals surface area contributed by atoms with Gasteiger partial charge in [0, 0.05) is 12.7 Å². The van der Waals surface area contributed by atoms with Gasteiger partial charge in [-0.25, -0.2) is 9.78 Å². The van der Waals surface area contributed by atoms with E-state index >= 15 is 0 Å². The number of esters is 1. The summed E-state index contributed by atoms with van der Waals surface area (Å²) in [5, 5.41) is 0.393. The lowest BCUT2D eigenvalue weighted by atomic mass is 10.2. The summed E-state index contributed by atoms with van der Waals surface area (Å²) in [7, 11) is 1.33. The molecule has 0 amide bonds. The number of nitrogens with zero attached hydrogens (tertiary/aromatic N) is 3. The number of fused-ring (bicyclic) bond motifs is 2. The molecule has 0 N–H and O–H groups in total. The highest BCUT2D eigenvalue weighted by Gasteiger charge is 2.20. The Morgan fingerprint density at radius 2 is 1.88 bits per heavy atom. The van der Waals surface area contributed by atoms with Gasteiger partial charge in [0.25, 0.3) is 5.56 Å². The van der Waals surface area contributed by atoms with E-state index in [4.69, 9.17) is 4.74 Å². The molecule has 0 fully saturated rings. The van der Waals surface area contributed by atoms with Gasteiger partial charge in [0.15, 0.2) is 0 Å². The maximum Gasteiger partial charge on any atom is 0.354 e. The molecule has 3 heterocycles. The fourth-order valence-electron chi connectivity index (χ4n) is 3.16. The van der Waals surface area contributed by atoms with Gasteiger partial charge in [-0.2, -0.15) is 0 Å². The van der Waals surface area contributed by atoms with Crippen LogP contribution in [0.4, 0.5) is 0 Å². The minimum Gasteiger partial charge on any atom is -0.464 e. The molecule has 0 saturated carbocycles. The average molecular weight is 347 g/mol. The molecule has 0 aliphatic carbocycles.